The lowest BCUT2D eigenvalue weighted by molar-refractivity contribution is -0.116. The van der Waals surface area contributed by atoms with Crippen LogP contribution in [0.15, 0.2) is 59.1 Å². The minimum Gasteiger partial charge on any atom is -0.478 e. The van der Waals surface area contributed by atoms with Crippen LogP contribution in [-0.4, -0.2) is 35.1 Å². The van der Waals surface area contributed by atoms with Gasteiger partial charge in [0.1, 0.15) is 0 Å². The molecule has 4 aromatic rings. The van der Waals surface area contributed by atoms with Crippen molar-refractivity contribution in [2.24, 2.45) is 0 Å². The molecule has 9 heteroatoms. The highest BCUT2D eigenvalue weighted by atomic mass is 16.5. The van der Waals surface area contributed by atoms with Crippen LogP contribution in [0, 0.1) is 18.3 Å². The number of hydrogen-bond donors (Lipinski definition) is 2. The lowest BCUT2D eigenvalue weighted by Crippen LogP contribution is -2.23. The SMILES string of the molecule is CC(=O)N(C)c1cc2c(C(=O)Nc3ccc(C#N)cc3C(=O)O)noc2cc1-c1ccccc1C. The molecule has 0 aliphatic carbocycles. The predicted molar refractivity (Wildman–Crippen MR) is 129 cm³/mol. The predicted octanol–water partition coefficient (Wildman–Crippen LogP) is 4.61. The number of rotatable bonds is 5. The number of nitriles is 1. The van der Waals surface area contributed by atoms with Crippen molar-refractivity contribution in [3.63, 3.8) is 0 Å². The molecule has 35 heavy (non-hydrogen) atoms. The van der Waals surface area contributed by atoms with Gasteiger partial charge >= 0.3 is 5.97 Å². The Labute approximate surface area is 200 Å². The van der Waals surface area contributed by atoms with Crippen LogP contribution in [0.5, 0.6) is 0 Å². The van der Waals surface area contributed by atoms with Gasteiger partial charge in [-0.3, -0.25) is 9.59 Å². The Bertz CT molecular complexity index is 1550. The van der Waals surface area contributed by atoms with Gasteiger partial charge in [-0.15, -0.1) is 0 Å². The molecule has 9 nitrogen and oxygen atoms in total. The molecule has 174 valence electrons. The van der Waals surface area contributed by atoms with Crippen LogP contribution >= 0.6 is 0 Å². The van der Waals surface area contributed by atoms with E-state index in [0.29, 0.717) is 16.7 Å². The Morgan fingerprint density at radius 1 is 1.09 bits per heavy atom. The van der Waals surface area contributed by atoms with E-state index in [1.165, 1.54) is 30.0 Å². The van der Waals surface area contributed by atoms with Gasteiger partial charge in [0.25, 0.3) is 5.91 Å². The highest BCUT2D eigenvalue weighted by molar-refractivity contribution is 6.14. The lowest BCUT2D eigenvalue weighted by atomic mass is 9.97. The molecule has 3 aromatic carbocycles. The molecule has 0 saturated heterocycles. The zero-order chi connectivity index (χ0) is 25.3. The fourth-order valence-electron chi connectivity index (χ4n) is 3.76. The average molecular weight is 468 g/mol. The maximum atomic E-state index is 13.1. The van der Waals surface area contributed by atoms with Gasteiger partial charge in [0, 0.05) is 19.5 Å². The fraction of sp³-hybridized carbons (Fsp3) is 0.115. The first-order valence-corrected chi connectivity index (χ1v) is 10.5. The number of aryl methyl sites for hydroxylation is 1. The van der Waals surface area contributed by atoms with Crippen molar-refractivity contribution in [2.75, 3.05) is 17.3 Å². The van der Waals surface area contributed by atoms with Crippen molar-refractivity contribution >= 4 is 40.1 Å². The maximum Gasteiger partial charge on any atom is 0.337 e. The molecule has 2 N–H and O–H groups in total. The number of carboxylic acids is 1. The van der Waals surface area contributed by atoms with Gasteiger partial charge in [-0.05, 0) is 48.4 Å². The standard InChI is InChI=1S/C26H20N4O5/c1-14-6-4-5-7-17(14)18-12-23-20(11-22(18)30(3)15(2)31)24(29-35-23)25(32)28-21-9-8-16(13-27)10-19(21)26(33)34/h4-12H,1-3H3,(H,28,32)(H,33,34). The van der Waals surface area contributed by atoms with Gasteiger partial charge in [-0.2, -0.15) is 5.26 Å². The van der Waals surface area contributed by atoms with Gasteiger partial charge in [-0.1, -0.05) is 29.4 Å². The number of benzene rings is 3. The normalized spacial score (nSPS) is 10.6. The molecule has 0 atom stereocenters. The van der Waals surface area contributed by atoms with Crippen LogP contribution < -0.4 is 10.2 Å². The summed E-state index contributed by atoms with van der Waals surface area (Å²) in [6, 6.07) is 16.8. The first-order valence-electron chi connectivity index (χ1n) is 10.5. The van der Waals surface area contributed by atoms with E-state index in [2.05, 4.69) is 10.5 Å². The molecule has 0 radical (unpaired) electrons. The molecule has 0 fully saturated rings. The zero-order valence-electron chi connectivity index (χ0n) is 19.1. The summed E-state index contributed by atoms with van der Waals surface area (Å²) < 4.78 is 5.45. The van der Waals surface area contributed by atoms with E-state index in [9.17, 15) is 19.5 Å². The van der Waals surface area contributed by atoms with E-state index in [-0.39, 0.29) is 28.4 Å². The highest BCUT2D eigenvalue weighted by Crippen LogP contribution is 2.37. The van der Waals surface area contributed by atoms with Gasteiger partial charge < -0.3 is 19.8 Å². The third-order valence-corrected chi connectivity index (χ3v) is 5.70. The third kappa shape index (κ3) is 4.32. The summed E-state index contributed by atoms with van der Waals surface area (Å²) in [5, 5.41) is 25.3. The summed E-state index contributed by atoms with van der Waals surface area (Å²) in [5.41, 5.74) is 3.35. The summed E-state index contributed by atoms with van der Waals surface area (Å²) in [5.74, 6) is -2.20. The number of nitrogens with zero attached hydrogens (tertiary/aromatic N) is 3. The van der Waals surface area contributed by atoms with Crippen LogP contribution in [0.2, 0.25) is 0 Å². The topological polar surface area (TPSA) is 137 Å². The zero-order valence-corrected chi connectivity index (χ0v) is 19.1. The van der Waals surface area contributed by atoms with E-state index in [1.54, 1.807) is 19.2 Å². The number of amides is 2. The smallest absolute Gasteiger partial charge is 0.337 e. The minimum absolute atomic E-state index is 0.00950. The lowest BCUT2D eigenvalue weighted by Gasteiger charge is -2.20. The number of carbonyl (C=O) groups is 3. The van der Waals surface area contributed by atoms with Crippen molar-refractivity contribution in [1.82, 2.24) is 5.16 Å². The minimum atomic E-state index is -1.30. The average Bonchev–Trinajstić information content (AvgIpc) is 3.26. The number of nitrogens with one attached hydrogen (secondary N) is 1. The number of fused-ring (bicyclic) bond motifs is 1. The molecule has 0 aliphatic rings. The monoisotopic (exact) mass is 468 g/mol. The molecule has 0 spiro atoms. The van der Waals surface area contributed by atoms with Crippen LogP contribution in [0.3, 0.4) is 0 Å². The number of carbonyl (C=O) groups excluding carboxylic acids is 2. The number of carboxylic acid groups (broad SMARTS) is 1. The van der Waals surface area contributed by atoms with Gasteiger partial charge in [0.2, 0.25) is 5.91 Å². The second-order valence-corrected chi connectivity index (χ2v) is 7.92. The highest BCUT2D eigenvalue weighted by Gasteiger charge is 2.23. The Morgan fingerprint density at radius 2 is 1.83 bits per heavy atom. The molecule has 4 rings (SSSR count). The van der Waals surface area contributed by atoms with Gasteiger partial charge in [-0.25, -0.2) is 4.79 Å². The van der Waals surface area contributed by atoms with Gasteiger partial charge in [0.15, 0.2) is 11.3 Å². The molecule has 2 amide bonds. The summed E-state index contributed by atoms with van der Waals surface area (Å²) in [7, 11) is 1.63. The number of hydrogen-bond acceptors (Lipinski definition) is 6. The molecule has 0 saturated carbocycles. The molecular formula is C26H20N4O5. The summed E-state index contributed by atoms with van der Waals surface area (Å²) in [6.45, 7) is 3.39. The van der Waals surface area contributed by atoms with E-state index in [1.807, 2.05) is 37.3 Å². The molecule has 0 bridgehead atoms. The number of anilines is 2. The Hall–Kier alpha value is -4.97. The quantitative estimate of drug-likeness (QED) is 0.436. The van der Waals surface area contributed by atoms with Crippen molar-refractivity contribution in [1.29, 1.82) is 5.26 Å². The second kappa shape index (κ2) is 9.11. The van der Waals surface area contributed by atoms with E-state index < -0.39 is 11.9 Å². The molecule has 1 heterocycles. The molecule has 1 aromatic heterocycles. The second-order valence-electron chi connectivity index (χ2n) is 7.92. The Morgan fingerprint density at radius 3 is 2.49 bits per heavy atom. The summed E-state index contributed by atoms with van der Waals surface area (Å²) in [6.07, 6.45) is 0. The summed E-state index contributed by atoms with van der Waals surface area (Å²) in [4.78, 5) is 38.4. The van der Waals surface area contributed by atoms with Crippen molar-refractivity contribution < 1.29 is 24.0 Å². The van der Waals surface area contributed by atoms with Gasteiger partial charge in [0.05, 0.1) is 34.0 Å². The van der Waals surface area contributed by atoms with Crippen LogP contribution in [0.4, 0.5) is 11.4 Å². The van der Waals surface area contributed by atoms with Crippen LogP contribution in [0.1, 0.15) is 38.9 Å². The Kier molecular flexibility index (Phi) is 6.04. The molecule has 0 aliphatic heterocycles. The fourth-order valence-corrected chi connectivity index (χ4v) is 3.76. The summed E-state index contributed by atoms with van der Waals surface area (Å²) >= 11 is 0. The van der Waals surface area contributed by atoms with E-state index in [0.717, 1.165) is 16.7 Å². The van der Waals surface area contributed by atoms with E-state index >= 15 is 0 Å². The van der Waals surface area contributed by atoms with E-state index in [4.69, 9.17) is 9.78 Å². The van der Waals surface area contributed by atoms with Crippen molar-refractivity contribution in [3.8, 4) is 17.2 Å². The number of aromatic carboxylic acids is 1. The third-order valence-electron chi connectivity index (χ3n) is 5.70. The molecule has 0 unspecified atom stereocenters. The Balaban J connectivity index is 1.82. The molecular weight excluding hydrogens is 448 g/mol. The maximum absolute atomic E-state index is 13.1. The van der Waals surface area contributed by atoms with Crippen molar-refractivity contribution in [3.05, 3.63) is 77.0 Å². The first kappa shape index (κ1) is 23.2. The van der Waals surface area contributed by atoms with Crippen molar-refractivity contribution in [2.45, 2.75) is 13.8 Å². The number of aromatic nitrogens is 1. The van der Waals surface area contributed by atoms with Crippen LogP contribution in [-0.2, 0) is 4.79 Å². The van der Waals surface area contributed by atoms with Crippen LogP contribution in [0.25, 0.3) is 22.1 Å². The first-order chi connectivity index (χ1) is 16.7. The largest absolute Gasteiger partial charge is 0.478 e.